The summed E-state index contributed by atoms with van der Waals surface area (Å²) in [6.07, 6.45) is 1.83. The second-order valence-electron chi connectivity index (χ2n) is 9.14. The number of nitrogens with zero attached hydrogens (tertiary/aromatic N) is 1. The number of carbonyl (C=O) groups is 1. The van der Waals surface area contributed by atoms with Crippen LogP contribution in [-0.2, 0) is 17.9 Å². The first-order valence-electron chi connectivity index (χ1n) is 12.2. The number of aryl methyl sites for hydroxylation is 2. The predicted molar refractivity (Wildman–Crippen MR) is 160 cm³/mol. The molecule has 1 saturated heterocycles. The molecule has 7 heteroatoms. The molecule has 0 unspecified atom stereocenters. The number of benzene rings is 4. The van der Waals surface area contributed by atoms with Crippen LogP contribution in [0.2, 0.25) is 0 Å². The van der Waals surface area contributed by atoms with Gasteiger partial charge in [-0.1, -0.05) is 71.8 Å². The van der Waals surface area contributed by atoms with Gasteiger partial charge in [-0.25, -0.2) is 0 Å². The first-order valence-corrected chi connectivity index (χ1v) is 13.8. The number of methoxy groups -OCH3 is 1. The lowest BCUT2D eigenvalue weighted by Crippen LogP contribution is -2.19. The number of halogens is 1. The fraction of sp³-hybridized carbons (Fsp3) is 0.161. The number of rotatable bonds is 7. The first-order chi connectivity index (χ1) is 18.4. The van der Waals surface area contributed by atoms with Crippen LogP contribution >= 0.6 is 27.7 Å². The molecule has 4 aromatic rings. The molecule has 1 heterocycles. The van der Waals surface area contributed by atoms with E-state index in [1.807, 2.05) is 36.4 Å². The Bertz CT molecular complexity index is 1570. The van der Waals surface area contributed by atoms with Crippen LogP contribution in [0.25, 0.3) is 16.8 Å². The van der Waals surface area contributed by atoms with E-state index in [-0.39, 0.29) is 5.91 Å². The molecule has 1 aliphatic heterocycles. The highest BCUT2D eigenvalue weighted by atomic mass is 79.9. The Labute approximate surface area is 235 Å². The van der Waals surface area contributed by atoms with Crippen LogP contribution in [-0.4, -0.2) is 18.2 Å². The number of amidine groups is 1. The fourth-order valence-corrected chi connectivity index (χ4v) is 5.90. The second kappa shape index (κ2) is 11.5. The average molecular weight is 588 g/mol. The molecule has 0 bridgehead atoms. The van der Waals surface area contributed by atoms with E-state index in [9.17, 15) is 4.79 Å². The normalized spacial score (nSPS) is 15.3. The van der Waals surface area contributed by atoms with Crippen molar-refractivity contribution in [1.29, 1.82) is 0 Å². The van der Waals surface area contributed by atoms with E-state index in [2.05, 4.69) is 82.6 Å². The van der Waals surface area contributed by atoms with Gasteiger partial charge < -0.3 is 14.8 Å². The Balaban J connectivity index is 1.33. The summed E-state index contributed by atoms with van der Waals surface area (Å²) in [6, 6.07) is 24.6. The Morgan fingerprint density at radius 3 is 2.55 bits per heavy atom. The molecule has 0 atom stereocenters. The average Bonchev–Trinajstić information content (AvgIpc) is 3.24. The Morgan fingerprint density at radius 1 is 1.00 bits per heavy atom. The maximum Gasteiger partial charge on any atom is 0.264 e. The summed E-state index contributed by atoms with van der Waals surface area (Å²) in [5, 5.41) is 5.80. The third-order valence-electron chi connectivity index (χ3n) is 6.14. The van der Waals surface area contributed by atoms with E-state index in [1.54, 1.807) is 7.11 Å². The summed E-state index contributed by atoms with van der Waals surface area (Å²) < 4.78 is 12.6. The second-order valence-corrected chi connectivity index (χ2v) is 11.0. The molecule has 1 fully saturated rings. The maximum absolute atomic E-state index is 12.6. The molecule has 0 saturated carbocycles. The van der Waals surface area contributed by atoms with E-state index >= 15 is 0 Å². The molecule has 1 amide bonds. The molecule has 0 aromatic heterocycles. The molecule has 5 nitrogen and oxygen atoms in total. The van der Waals surface area contributed by atoms with Crippen molar-refractivity contribution in [2.75, 3.05) is 7.11 Å². The summed E-state index contributed by atoms with van der Waals surface area (Å²) in [4.78, 5) is 17.8. The van der Waals surface area contributed by atoms with Crippen molar-refractivity contribution in [3.8, 4) is 11.5 Å². The lowest BCUT2D eigenvalue weighted by atomic mass is 10.1. The van der Waals surface area contributed by atoms with Gasteiger partial charge in [0.05, 0.1) is 23.0 Å². The van der Waals surface area contributed by atoms with Crippen molar-refractivity contribution < 1.29 is 14.3 Å². The summed E-state index contributed by atoms with van der Waals surface area (Å²) in [5.74, 6) is 1.03. The Hall–Kier alpha value is -3.55. The van der Waals surface area contributed by atoms with E-state index in [4.69, 9.17) is 9.47 Å². The van der Waals surface area contributed by atoms with Crippen LogP contribution < -0.4 is 14.8 Å². The number of carbonyl (C=O) groups excluding carboxylic acids is 1. The van der Waals surface area contributed by atoms with Gasteiger partial charge in [0.2, 0.25) is 0 Å². The lowest BCUT2D eigenvalue weighted by molar-refractivity contribution is -0.115. The lowest BCUT2D eigenvalue weighted by Gasteiger charge is -2.15. The Kier molecular flexibility index (Phi) is 7.86. The highest BCUT2D eigenvalue weighted by Gasteiger charge is 2.24. The number of hydrogen-bond donors (Lipinski definition) is 1. The van der Waals surface area contributed by atoms with Crippen LogP contribution in [0.4, 0.5) is 0 Å². The molecule has 1 aliphatic rings. The standard InChI is InChI=1S/C31H27BrN2O3S/c1-19-11-20(2)13-22(12-19)17-33-31-34-30(35)28(38-31)16-21-14-26(32)29(27(15-21)36-3)37-18-24-9-6-8-23-7-4-5-10-25(23)24/h4-16H,17-18H2,1-3H3,(H,33,34,35)/b28-16-. The highest BCUT2D eigenvalue weighted by molar-refractivity contribution is 9.10. The molecule has 1 N–H and O–H groups in total. The summed E-state index contributed by atoms with van der Waals surface area (Å²) in [5.41, 5.74) is 5.44. The zero-order chi connectivity index (χ0) is 26.6. The molecule has 4 aromatic carbocycles. The Morgan fingerprint density at radius 2 is 1.76 bits per heavy atom. The third-order valence-corrected chi connectivity index (χ3v) is 7.68. The third kappa shape index (κ3) is 5.95. The van der Waals surface area contributed by atoms with Crippen LogP contribution in [0, 0.1) is 13.8 Å². The van der Waals surface area contributed by atoms with Crippen LogP contribution in [0.3, 0.4) is 0 Å². The molecule has 38 heavy (non-hydrogen) atoms. The molecular formula is C31H27BrN2O3S. The maximum atomic E-state index is 12.6. The number of amides is 1. The van der Waals surface area contributed by atoms with Crippen LogP contribution in [0.15, 0.2) is 87.2 Å². The minimum Gasteiger partial charge on any atom is -0.493 e. The summed E-state index contributed by atoms with van der Waals surface area (Å²) in [6.45, 7) is 5.06. The molecule has 0 aliphatic carbocycles. The minimum atomic E-state index is -0.166. The van der Waals surface area contributed by atoms with Gasteiger partial charge in [-0.3, -0.25) is 9.79 Å². The zero-order valence-electron chi connectivity index (χ0n) is 21.4. The zero-order valence-corrected chi connectivity index (χ0v) is 23.8. The van der Waals surface area contributed by atoms with Crippen molar-refractivity contribution in [2.24, 2.45) is 4.99 Å². The van der Waals surface area contributed by atoms with Gasteiger partial charge in [-0.15, -0.1) is 0 Å². The highest BCUT2D eigenvalue weighted by Crippen LogP contribution is 2.39. The smallest absolute Gasteiger partial charge is 0.264 e. The summed E-state index contributed by atoms with van der Waals surface area (Å²) >= 11 is 4.97. The minimum absolute atomic E-state index is 0.166. The molecular weight excluding hydrogens is 560 g/mol. The number of fused-ring (bicyclic) bond motifs is 1. The van der Waals surface area contributed by atoms with E-state index in [0.717, 1.165) is 26.5 Å². The van der Waals surface area contributed by atoms with Crippen molar-refractivity contribution >= 4 is 55.6 Å². The van der Waals surface area contributed by atoms with E-state index in [0.29, 0.717) is 34.7 Å². The van der Waals surface area contributed by atoms with E-state index < -0.39 is 0 Å². The topological polar surface area (TPSA) is 59.9 Å². The van der Waals surface area contributed by atoms with Gasteiger partial charge in [0, 0.05) is 0 Å². The first kappa shape index (κ1) is 26.1. The summed E-state index contributed by atoms with van der Waals surface area (Å²) in [7, 11) is 1.61. The van der Waals surface area contributed by atoms with Crippen molar-refractivity contribution in [3.63, 3.8) is 0 Å². The number of nitrogens with one attached hydrogen (secondary N) is 1. The quantitative estimate of drug-likeness (QED) is 0.227. The SMILES string of the molecule is COc1cc(/C=C2\SC(=NCc3cc(C)cc(C)c3)NC2=O)cc(Br)c1OCc1cccc2ccccc12. The molecule has 192 valence electrons. The number of hydrogen-bond acceptors (Lipinski definition) is 5. The van der Waals surface area contributed by atoms with Gasteiger partial charge >= 0.3 is 0 Å². The van der Waals surface area contributed by atoms with Crippen LogP contribution in [0.5, 0.6) is 11.5 Å². The van der Waals surface area contributed by atoms with Gasteiger partial charge in [-0.2, -0.15) is 0 Å². The monoisotopic (exact) mass is 586 g/mol. The van der Waals surface area contributed by atoms with Gasteiger partial charge in [-0.05, 0) is 87.2 Å². The predicted octanol–water partition coefficient (Wildman–Crippen LogP) is 7.57. The van der Waals surface area contributed by atoms with Crippen molar-refractivity contribution in [3.05, 3.63) is 110 Å². The largest absolute Gasteiger partial charge is 0.493 e. The van der Waals surface area contributed by atoms with Gasteiger partial charge in [0.1, 0.15) is 6.61 Å². The molecule has 0 radical (unpaired) electrons. The van der Waals surface area contributed by atoms with Gasteiger partial charge in [0.25, 0.3) is 5.91 Å². The van der Waals surface area contributed by atoms with Crippen LogP contribution in [0.1, 0.15) is 27.8 Å². The van der Waals surface area contributed by atoms with E-state index in [1.165, 1.54) is 28.3 Å². The number of ether oxygens (including phenoxy) is 2. The molecule has 5 rings (SSSR count). The molecule has 0 spiro atoms. The van der Waals surface area contributed by atoms with Crippen molar-refractivity contribution in [2.45, 2.75) is 27.0 Å². The van der Waals surface area contributed by atoms with Gasteiger partial charge in [0.15, 0.2) is 16.7 Å². The van der Waals surface area contributed by atoms with Crippen molar-refractivity contribution in [1.82, 2.24) is 5.32 Å². The number of thioether (sulfide) groups is 1. The fourth-order valence-electron chi connectivity index (χ4n) is 4.51. The number of aliphatic imine (C=N–C) groups is 1.